The van der Waals surface area contributed by atoms with E-state index in [-0.39, 0.29) is 0 Å². The quantitative estimate of drug-likeness (QED) is 0.828. The molecule has 0 bridgehead atoms. The summed E-state index contributed by atoms with van der Waals surface area (Å²) in [5, 5.41) is 3.56. The van der Waals surface area contributed by atoms with Crippen LogP contribution in [0.4, 0.5) is 0 Å². The highest BCUT2D eigenvalue weighted by atomic mass is 15.2. The smallest absolute Gasteiger partial charge is 0.00981 e. The highest BCUT2D eigenvalue weighted by molar-refractivity contribution is 4.94. The summed E-state index contributed by atoms with van der Waals surface area (Å²) in [6.45, 7) is 10.1. The normalized spacial score (nSPS) is 41.5. The Bertz CT molecular complexity index is 264. The van der Waals surface area contributed by atoms with Gasteiger partial charge in [-0.3, -0.25) is 4.90 Å². The van der Waals surface area contributed by atoms with Gasteiger partial charge in [0.05, 0.1) is 0 Å². The van der Waals surface area contributed by atoms with Crippen molar-refractivity contribution >= 4 is 0 Å². The number of likely N-dealkylation sites (tertiary alicyclic amines) is 1. The van der Waals surface area contributed by atoms with Crippen LogP contribution in [0.2, 0.25) is 0 Å². The van der Waals surface area contributed by atoms with Gasteiger partial charge in [0.1, 0.15) is 0 Å². The predicted octanol–water partition coefficient (Wildman–Crippen LogP) is 2.74. The van der Waals surface area contributed by atoms with E-state index < -0.39 is 0 Å². The third kappa shape index (κ3) is 2.75. The Hall–Kier alpha value is -0.0800. The van der Waals surface area contributed by atoms with Crippen molar-refractivity contribution in [1.29, 1.82) is 0 Å². The summed E-state index contributed by atoms with van der Waals surface area (Å²) < 4.78 is 0. The Kier molecular flexibility index (Phi) is 3.95. The van der Waals surface area contributed by atoms with Gasteiger partial charge < -0.3 is 5.32 Å². The molecule has 1 aliphatic carbocycles. The second-order valence-corrected chi connectivity index (χ2v) is 7.45. The van der Waals surface area contributed by atoms with Crippen molar-refractivity contribution in [3.05, 3.63) is 0 Å². The highest BCUT2D eigenvalue weighted by Gasteiger charge is 2.39. The van der Waals surface area contributed by atoms with Gasteiger partial charge in [-0.25, -0.2) is 0 Å². The van der Waals surface area contributed by atoms with Crippen molar-refractivity contribution in [1.82, 2.24) is 10.2 Å². The monoisotopic (exact) mass is 250 g/mol. The molecular formula is C16H30N2. The summed E-state index contributed by atoms with van der Waals surface area (Å²) in [6.07, 6.45) is 7.40. The zero-order valence-corrected chi connectivity index (χ0v) is 12.2. The molecule has 1 saturated carbocycles. The van der Waals surface area contributed by atoms with E-state index >= 15 is 0 Å². The molecule has 2 nitrogen and oxygen atoms in total. The van der Waals surface area contributed by atoms with E-state index in [0.29, 0.717) is 0 Å². The van der Waals surface area contributed by atoms with E-state index in [1.54, 1.807) is 0 Å². The first kappa shape index (κ1) is 12.9. The largest absolute Gasteiger partial charge is 0.316 e. The number of nitrogens with zero attached hydrogens (tertiary/aromatic N) is 1. The number of nitrogens with one attached hydrogen (secondary N) is 1. The first-order valence-electron chi connectivity index (χ1n) is 8.17. The fourth-order valence-corrected chi connectivity index (χ4v) is 4.66. The van der Waals surface area contributed by atoms with Gasteiger partial charge >= 0.3 is 0 Å². The Balaban J connectivity index is 1.53. The SMILES string of the molecule is CC(C)CC1CCCC(N2C[C@H]3CNC[C@H]3C2)C1. The molecule has 4 atom stereocenters. The van der Waals surface area contributed by atoms with Gasteiger partial charge in [-0.1, -0.05) is 26.7 Å². The molecular weight excluding hydrogens is 220 g/mol. The van der Waals surface area contributed by atoms with E-state index in [4.69, 9.17) is 0 Å². The van der Waals surface area contributed by atoms with Gasteiger partial charge in [0.15, 0.2) is 0 Å². The van der Waals surface area contributed by atoms with E-state index in [9.17, 15) is 0 Å². The summed E-state index contributed by atoms with van der Waals surface area (Å²) in [7, 11) is 0. The predicted molar refractivity (Wildman–Crippen MR) is 76.6 cm³/mol. The zero-order chi connectivity index (χ0) is 12.5. The van der Waals surface area contributed by atoms with Gasteiger partial charge in [-0.15, -0.1) is 0 Å². The summed E-state index contributed by atoms with van der Waals surface area (Å²) in [5.41, 5.74) is 0. The molecule has 2 aliphatic heterocycles. The van der Waals surface area contributed by atoms with Crippen LogP contribution in [0.1, 0.15) is 46.0 Å². The van der Waals surface area contributed by atoms with Crippen LogP contribution in [0.3, 0.4) is 0 Å². The molecule has 0 radical (unpaired) electrons. The van der Waals surface area contributed by atoms with Gasteiger partial charge in [0.25, 0.3) is 0 Å². The maximum absolute atomic E-state index is 3.56. The zero-order valence-electron chi connectivity index (χ0n) is 12.2. The standard InChI is InChI=1S/C16H30N2/c1-12(2)6-13-4-3-5-16(7-13)18-10-14-8-17-9-15(14)11-18/h12-17H,3-11H2,1-2H3/t13?,14-,15+,16?. The summed E-state index contributed by atoms with van der Waals surface area (Å²) in [4.78, 5) is 2.85. The van der Waals surface area contributed by atoms with Crippen molar-refractivity contribution in [3.63, 3.8) is 0 Å². The van der Waals surface area contributed by atoms with Crippen LogP contribution >= 0.6 is 0 Å². The highest BCUT2D eigenvalue weighted by Crippen LogP contribution is 2.36. The Morgan fingerprint density at radius 3 is 2.50 bits per heavy atom. The molecule has 0 spiro atoms. The molecule has 3 aliphatic rings. The Labute approximate surface area is 113 Å². The molecule has 0 amide bonds. The summed E-state index contributed by atoms with van der Waals surface area (Å²) >= 11 is 0. The lowest BCUT2D eigenvalue weighted by Gasteiger charge is -2.36. The third-order valence-corrected chi connectivity index (χ3v) is 5.49. The van der Waals surface area contributed by atoms with Crippen LogP contribution < -0.4 is 5.32 Å². The van der Waals surface area contributed by atoms with E-state index in [1.165, 1.54) is 58.3 Å². The molecule has 1 N–H and O–H groups in total. The molecule has 3 rings (SSSR count). The van der Waals surface area contributed by atoms with Gasteiger partial charge in [-0.2, -0.15) is 0 Å². The van der Waals surface area contributed by atoms with Crippen LogP contribution in [0.5, 0.6) is 0 Å². The van der Waals surface area contributed by atoms with Crippen molar-refractivity contribution in [2.75, 3.05) is 26.2 Å². The third-order valence-electron chi connectivity index (χ3n) is 5.49. The Morgan fingerprint density at radius 1 is 1.11 bits per heavy atom. The summed E-state index contributed by atoms with van der Waals surface area (Å²) in [5.74, 6) is 3.84. The minimum atomic E-state index is 0.885. The molecule has 0 aromatic carbocycles. The number of hydrogen-bond donors (Lipinski definition) is 1. The molecule has 0 aromatic heterocycles. The van der Waals surface area contributed by atoms with Gasteiger partial charge in [0, 0.05) is 19.1 Å². The van der Waals surface area contributed by atoms with Crippen LogP contribution in [-0.4, -0.2) is 37.1 Å². The second kappa shape index (κ2) is 5.50. The van der Waals surface area contributed by atoms with Crippen LogP contribution in [0.25, 0.3) is 0 Å². The van der Waals surface area contributed by atoms with Crippen molar-refractivity contribution in [3.8, 4) is 0 Å². The van der Waals surface area contributed by atoms with Crippen LogP contribution in [-0.2, 0) is 0 Å². The maximum atomic E-state index is 3.56. The molecule has 2 heteroatoms. The molecule has 2 unspecified atom stereocenters. The van der Waals surface area contributed by atoms with Crippen LogP contribution in [0, 0.1) is 23.7 Å². The average molecular weight is 250 g/mol. The minimum absolute atomic E-state index is 0.885. The Morgan fingerprint density at radius 2 is 1.83 bits per heavy atom. The number of rotatable bonds is 3. The van der Waals surface area contributed by atoms with Crippen molar-refractivity contribution in [2.45, 2.75) is 52.0 Å². The van der Waals surface area contributed by atoms with E-state index in [0.717, 1.165) is 29.7 Å². The van der Waals surface area contributed by atoms with Gasteiger partial charge in [0.2, 0.25) is 0 Å². The molecule has 2 saturated heterocycles. The van der Waals surface area contributed by atoms with Crippen molar-refractivity contribution in [2.24, 2.45) is 23.7 Å². The van der Waals surface area contributed by atoms with E-state index in [1.807, 2.05) is 0 Å². The lowest BCUT2D eigenvalue weighted by atomic mass is 9.80. The fraction of sp³-hybridized carbons (Fsp3) is 1.00. The lowest BCUT2D eigenvalue weighted by Crippen LogP contribution is -2.39. The number of hydrogen-bond acceptors (Lipinski definition) is 2. The first-order chi connectivity index (χ1) is 8.72. The molecule has 104 valence electrons. The molecule has 18 heavy (non-hydrogen) atoms. The first-order valence-corrected chi connectivity index (χ1v) is 8.17. The van der Waals surface area contributed by atoms with Gasteiger partial charge in [-0.05, 0) is 56.0 Å². The van der Waals surface area contributed by atoms with Crippen LogP contribution in [0.15, 0.2) is 0 Å². The van der Waals surface area contributed by atoms with Crippen molar-refractivity contribution < 1.29 is 0 Å². The molecule has 3 fully saturated rings. The topological polar surface area (TPSA) is 15.3 Å². The summed E-state index contributed by atoms with van der Waals surface area (Å²) in [6, 6.07) is 0.924. The fourth-order valence-electron chi connectivity index (χ4n) is 4.66. The lowest BCUT2D eigenvalue weighted by molar-refractivity contribution is 0.139. The minimum Gasteiger partial charge on any atom is -0.316 e. The number of fused-ring (bicyclic) bond motifs is 1. The second-order valence-electron chi connectivity index (χ2n) is 7.45. The van der Waals surface area contributed by atoms with E-state index in [2.05, 4.69) is 24.1 Å². The molecule has 0 aromatic rings. The maximum Gasteiger partial charge on any atom is 0.00981 e. The molecule has 2 heterocycles. The average Bonchev–Trinajstić information content (AvgIpc) is 2.88.